The third-order valence-electron chi connectivity index (χ3n) is 3.81. The predicted molar refractivity (Wildman–Crippen MR) is 76.8 cm³/mol. The van der Waals surface area contributed by atoms with E-state index in [4.69, 9.17) is 0 Å². The molecule has 0 fully saturated rings. The van der Waals surface area contributed by atoms with Gasteiger partial charge in [-0.25, -0.2) is 0 Å². The Kier molecular flexibility index (Phi) is 9.14. The lowest BCUT2D eigenvalue weighted by atomic mass is 10.2. The van der Waals surface area contributed by atoms with Crippen LogP contribution in [-0.2, 0) is 9.53 Å². The summed E-state index contributed by atoms with van der Waals surface area (Å²) in [5.74, 6) is -0.0895. The van der Waals surface area contributed by atoms with Crippen molar-refractivity contribution in [3.63, 3.8) is 0 Å². The molecule has 0 aromatic rings. The van der Waals surface area contributed by atoms with Crippen molar-refractivity contribution in [1.29, 1.82) is 0 Å². The fraction of sp³-hybridized carbons (Fsp3) is 0.786. The number of unbranched alkanes of at least 4 members (excludes halogenated alkanes) is 2. The second-order valence-electron chi connectivity index (χ2n) is 4.65. The van der Waals surface area contributed by atoms with Gasteiger partial charge in [0.1, 0.15) is 0 Å². The Morgan fingerprint density at radius 2 is 1.71 bits per heavy atom. The van der Waals surface area contributed by atoms with Crippen LogP contribution in [0.4, 0.5) is 0 Å². The van der Waals surface area contributed by atoms with Crippen LogP contribution in [0.1, 0.15) is 46.5 Å². The second-order valence-corrected chi connectivity index (χ2v) is 9.83. The average Bonchev–Trinajstić information content (AvgIpc) is 2.38. The van der Waals surface area contributed by atoms with Crippen LogP contribution in [0.2, 0.25) is 18.1 Å². The zero-order chi connectivity index (χ0) is 13.1. The summed E-state index contributed by atoms with van der Waals surface area (Å²) in [6.45, 7) is 6.96. The molecule has 0 atom stereocenters. The number of carbonyl (C=O) groups is 1. The fourth-order valence-electron chi connectivity index (χ4n) is 2.07. The first kappa shape index (κ1) is 16.4. The molecule has 17 heavy (non-hydrogen) atoms. The van der Waals surface area contributed by atoms with Crippen molar-refractivity contribution < 1.29 is 9.53 Å². The lowest BCUT2D eigenvalue weighted by Gasteiger charge is -2.23. The van der Waals surface area contributed by atoms with Gasteiger partial charge in [-0.2, -0.15) is 0 Å². The summed E-state index contributed by atoms with van der Waals surface area (Å²) in [6.07, 6.45) is 6.04. The molecule has 0 aliphatic rings. The van der Waals surface area contributed by atoms with E-state index in [0.717, 1.165) is 19.3 Å². The van der Waals surface area contributed by atoms with Gasteiger partial charge in [-0.15, -0.1) is 0 Å². The van der Waals surface area contributed by atoms with Crippen LogP contribution in [0.5, 0.6) is 0 Å². The van der Waals surface area contributed by atoms with Gasteiger partial charge in [0.2, 0.25) is 0 Å². The third-order valence-corrected chi connectivity index (χ3v) is 8.98. The Labute approximate surface area is 107 Å². The summed E-state index contributed by atoms with van der Waals surface area (Å²) in [6, 6.07) is 4.04. The first-order valence-corrected chi connectivity index (χ1v) is 9.58. The molecule has 0 radical (unpaired) electrons. The second kappa shape index (κ2) is 9.46. The zero-order valence-corrected chi connectivity index (χ0v) is 12.9. The normalized spacial score (nSPS) is 12.0. The zero-order valence-electron chi connectivity index (χ0n) is 11.9. The third kappa shape index (κ3) is 6.67. The molecule has 2 nitrogen and oxygen atoms in total. The van der Waals surface area contributed by atoms with Gasteiger partial charge in [-0.1, -0.05) is 50.7 Å². The molecule has 0 saturated carbocycles. The van der Waals surface area contributed by atoms with Crippen LogP contribution < -0.4 is 0 Å². The molecular formula is C14H28O2Si. The molecule has 0 amide bonds. The molecule has 0 aromatic heterocycles. The maximum Gasteiger partial charge on any atom is 0.305 e. The van der Waals surface area contributed by atoms with Crippen molar-refractivity contribution in [1.82, 2.24) is 0 Å². The highest BCUT2D eigenvalue weighted by atomic mass is 28.3. The van der Waals surface area contributed by atoms with Crippen molar-refractivity contribution >= 4 is 14.0 Å². The maximum absolute atomic E-state index is 10.9. The van der Waals surface area contributed by atoms with Gasteiger partial charge in [0.25, 0.3) is 0 Å². The van der Waals surface area contributed by atoms with E-state index in [2.05, 4.69) is 37.3 Å². The highest BCUT2D eigenvalue weighted by Crippen LogP contribution is 2.21. The molecule has 0 bridgehead atoms. The summed E-state index contributed by atoms with van der Waals surface area (Å²) in [5, 5.41) is 0. The molecule has 0 aliphatic heterocycles. The molecule has 0 heterocycles. The number of ether oxygens (including phenoxy) is 1. The Morgan fingerprint density at radius 3 is 2.18 bits per heavy atom. The summed E-state index contributed by atoms with van der Waals surface area (Å²) in [7, 11) is 0.372. The largest absolute Gasteiger partial charge is 0.469 e. The minimum absolute atomic E-state index is 0.0895. The van der Waals surface area contributed by atoms with E-state index >= 15 is 0 Å². The number of methoxy groups -OCH3 is 1. The highest BCUT2D eigenvalue weighted by Gasteiger charge is 2.22. The van der Waals surface area contributed by atoms with E-state index in [1.54, 1.807) is 0 Å². The van der Waals surface area contributed by atoms with Gasteiger partial charge in [-0.3, -0.25) is 4.79 Å². The molecule has 0 aliphatic carbocycles. The van der Waals surface area contributed by atoms with Crippen LogP contribution in [0, 0.1) is 0 Å². The Morgan fingerprint density at radius 1 is 1.12 bits per heavy atom. The van der Waals surface area contributed by atoms with E-state index in [9.17, 15) is 4.79 Å². The number of hydrogen-bond acceptors (Lipinski definition) is 2. The molecule has 0 N–H and O–H groups in total. The van der Waals surface area contributed by atoms with Crippen molar-refractivity contribution in [3.05, 3.63) is 11.8 Å². The summed E-state index contributed by atoms with van der Waals surface area (Å²) in [5.41, 5.74) is 2.52. The van der Waals surface area contributed by atoms with E-state index in [0.29, 0.717) is 6.42 Å². The molecule has 0 rings (SSSR count). The van der Waals surface area contributed by atoms with Crippen LogP contribution in [0.3, 0.4) is 0 Å². The van der Waals surface area contributed by atoms with E-state index < -0.39 is 8.07 Å². The lowest BCUT2D eigenvalue weighted by Crippen LogP contribution is -2.28. The van der Waals surface area contributed by atoms with Crippen molar-refractivity contribution in [3.8, 4) is 0 Å². The topological polar surface area (TPSA) is 26.3 Å². The van der Waals surface area contributed by atoms with Gasteiger partial charge in [0, 0.05) is 6.42 Å². The van der Waals surface area contributed by atoms with Gasteiger partial charge < -0.3 is 4.74 Å². The first-order chi connectivity index (χ1) is 8.14. The predicted octanol–water partition coefficient (Wildman–Crippen LogP) is 4.32. The minimum Gasteiger partial charge on any atom is -0.469 e. The van der Waals surface area contributed by atoms with E-state index in [1.165, 1.54) is 25.2 Å². The summed E-state index contributed by atoms with van der Waals surface area (Å²) < 4.78 is 4.61. The number of rotatable bonds is 9. The van der Waals surface area contributed by atoms with Crippen molar-refractivity contribution in [2.75, 3.05) is 7.11 Å². The average molecular weight is 256 g/mol. The van der Waals surface area contributed by atoms with E-state index in [-0.39, 0.29) is 5.97 Å². The molecule has 0 spiro atoms. The van der Waals surface area contributed by atoms with Gasteiger partial charge in [0.15, 0.2) is 0 Å². The lowest BCUT2D eigenvalue weighted by molar-refractivity contribution is -0.140. The van der Waals surface area contributed by atoms with Crippen LogP contribution in [0.15, 0.2) is 11.8 Å². The molecule has 0 aromatic carbocycles. The number of carbonyl (C=O) groups excluding carboxylic acids is 1. The van der Waals surface area contributed by atoms with Crippen LogP contribution in [-0.4, -0.2) is 21.2 Å². The number of esters is 1. The Balaban J connectivity index is 3.82. The maximum atomic E-state index is 10.9. The SMILES string of the molecule is CC[Si](/C=C/CCCCC(=O)OC)(CC)CC. The smallest absolute Gasteiger partial charge is 0.305 e. The van der Waals surface area contributed by atoms with Gasteiger partial charge in [-0.05, 0) is 19.3 Å². The standard InChI is InChI=1S/C14H28O2Si/c1-5-17(6-2,7-3)13-11-9-8-10-12-14(15)16-4/h11,13H,5-10,12H2,1-4H3/b13-11+. The van der Waals surface area contributed by atoms with Gasteiger partial charge in [0.05, 0.1) is 15.2 Å². The summed E-state index contributed by atoms with van der Waals surface area (Å²) in [4.78, 5) is 10.9. The van der Waals surface area contributed by atoms with Crippen LogP contribution >= 0.6 is 0 Å². The number of hydrogen-bond donors (Lipinski definition) is 0. The molecule has 100 valence electrons. The minimum atomic E-state index is -1.08. The van der Waals surface area contributed by atoms with Crippen LogP contribution in [0.25, 0.3) is 0 Å². The molecule has 3 heteroatoms. The molecule has 0 unspecified atom stereocenters. The number of allylic oxidation sites excluding steroid dienone is 1. The first-order valence-electron chi connectivity index (χ1n) is 6.88. The Hall–Kier alpha value is -0.573. The fourth-order valence-corrected chi connectivity index (χ4v) is 4.94. The van der Waals surface area contributed by atoms with E-state index in [1.807, 2.05) is 0 Å². The quantitative estimate of drug-likeness (QED) is 0.349. The summed E-state index contributed by atoms with van der Waals surface area (Å²) >= 11 is 0. The molecular weight excluding hydrogens is 228 g/mol. The van der Waals surface area contributed by atoms with Gasteiger partial charge >= 0.3 is 5.97 Å². The van der Waals surface area contributed by atoms with Crippen molar-refractivity contribution in [2.45, 2.75) is 64.6 Å². The Bertz CT molecular complexity index is 224. The molecule has 0 saturated heterocycles. The van der Waals surface area contributed by atoms with Crippen molar-refractivity contribution in [2.24, 2.45) is 0 Å². The monoisotopic (exact) mass is 256 g/mol. The highest BCUT2D eigenvalue weighted by molar-refractivity contribution is 6.84.